The fourth-order valence-corrected chi connectivity index (χ4v) is 5.92. The molecule has 0 bridgehead atoms. The van der Waals surface area contributed by atoms with E-state index in [9.17, 15) is 39.0 Å². The van der Waals surface area contributed by atoms with Crippen LogP contribution in [0.2, 0.25) is 0 Å². The maximum atomic E-state index is 11.5. The maximum absolute atomic E-state index is 11.5. The van der Waals surface area contributed by atoms with Gasteiger partial charge in [0.15, 0.2) is 0 Å². The van der Waals surface area contributed by atoms with Crippen molar-refractivity contribution in [3.63, 3.8) is 0 Å². The van der Waals surface area contributed by atoms with E-state index >= 15 is 0 Å². The standard InChI is InChI=1S/2C15H29NO3.C14H27NO3.2Na/c2*1-3-4-5-6-7-8-9-10-11-12-14(17)16(2)13-15(18)19;1-2-3-4-5-6-7-8-9-10-11-13(16)18-14(17)12-15;;/h2*3-13H2,1-2H3,(H,18,19);2-12,15H2,1H3;;/q;;;2*+1/p-2. The number of carbonyl (C=O) groups is 6. The van der Waals surface area contributed by atoms with Gasteiger partial charge in [-0.1, -0.05) is 175 Å². The Bertz CT molecular complexity index is 938. The van der Waals surface area contributed by atoms with Crippen molar-refractivity contribution in [2.24, 2.45) is 5.73 Å². The molecule has 0 aromatic rings. The Labute approximate surface area is 398 Å². The van der Waals surface area contributed by atoms with Crippen LogP contribution in [0.3, 0.4) is 0 Å². The Hall–Kier alpha value is -1.02. The summed E-state index contributed by atoms with van der Waals surface area (Å²) in [6, 6.07) is 0. The summed E-state index contributed by atoms with van der Waals surface area (Å²) >= 11 is 0. The quantitative estimate of drug-likeness (QED) is 0.0420. The summed E-state index contributed by atoms with van der Waals surface area (Å²) < 4.78 is 4.47. The van der Waals surface area contributed by atoms with Crippen molar-refractivity contribution in [2.45, 2.75) is 213 Å². The van der Waals surface area contributed by atoms with Gasteiger partial charge in [0.1, 0.15) is 0 Å². The van der Waals surface area contributed by atoms with Crippen LogP contribution in [-0.4, -0.2) is 79.2 Å². The van der Waals surface area contributed by atoms with Crippen LogP contribution in [0.5, 0.6) is 0 Å². The van der Waals surface area contributed by atoms with E-state index in [-0.39, 0.29) is 90.6 Å². The molecule has 2 amide bonds. The first-order valence-corrected chi connectivity index (χ1v) is 22.2. The largest absolute Gasteiger partial charge is 1.00 e. The number of carboxylic acid groups (broad SMARTS) is 2. The molecule has 14 heteroatoms. The number of nitrogens with two attached hydrogens (primary N) is 1. The van der Waals surface area contributed by atoms with Gasteiger partial charge in [-0.05, 0) is 19.3 Å². The first-order chi connectivity index (χ1) is 26.9. The third-order valence-electron chi connectivity index (χ3n) is 9.45. The predicted molar refractivity (Wildman–Crippen MR) is 221 cm³/mol. The van der Waals surface area contributed by atoms with E-state index in [1.807, 2.05) is 0 Å². The number of likely N-dealkylation sites (N-methyl/N-ethyl adjacent to an activating group) is 2. The van der Waals surface area contributed by atoms with Crippen molar-refractivity contribution in [2.75, 3.05) is 33.7 Å². The topological polar surface area (TPSA) is 190 Å². The number of carbonyl (C=O) groups excluding carboxylic acids is 6. The molecule has 0 rings (SSSR count). The van der Waals surface area contributed by atoms with E-state index in [2.05, 4.69) is 25.5 Å². The van der Waals surface area contributed by atoms with Crippen molar-refractivity contribution in [1.82, 2.24) is 9.80 Å². The molecule has 0 radical (unpaired) electrons. The van der Waals surface area contributed by atoms with Crippen molar-refractivity contribution in [3.05, 3.63) is 0 Å². The van der Waals surface area contributed by atoms with Gasteiger partial charge in [0, 0.05) is 33.4 Å². The van der Waals surface area contributed by atoms with E-state index in [0.29, 0.717) is 19.3 Å². The summed E-state index contributed by atoms with van der Waals surface area (Å²) in [6.45, 7) is 5.80. The Morgan fingerprint density at radius 3 is 0.897 bits per heavy atom. The number of amides is 2. The molecule has 0 saturated carbocycles. The zero-order chi connectivity index (χ0) is 42.7. The molecule has 0 fully saturated rings. The van der Waals surface area contributed by atoms with Gasteiger partial charge < -0.3 is 40.1 Å². The molecule has 0 aliphatic heterocycles. The van der Waals surface area contributed by atoms with Crippen LogP contribution in [0.25, 0.3) is 0 Å². The number of hydrogen-bond acceptors (Lipinski definition) is 10. The van der Waals surface area contributed by atoms with Gasteiger partial charge in [-0.25, -0.2) is 0 Å². The second kappa shape index (κ2) is 52.1. The third kappa shape index (κ3) is 55.0. The number of rotatable bonds is 35. The molecule has 0 aliphatic rings. The van der Waals surface area contributed by atoms with Gasteiger partial charge >= 0.3 is 71.1 Å². The van der Waals surface area contributed by atoms with E-state index in [4.69, 9.17) is 5.73 Å². The van der Waals surface area contributed by atoms with E-state index in [0.717, 1.165) is 44.9 Å². The van der Waals surface area contributed by atoms with Crippen molar-refractivity contribution in [3.8, 4) is 0 Å². The minimum atomic E-state index is -1.21. The number of nitrogens with zero attached hydrogens (tertiary/aromatic N) is 2. The van der Waals surface area contributed by atoms with Crippen LogP contribution >= 0.6 is 0 Å². The molecule has 330 valence electrons. The van der Waals surface area contributed by atoms with Gasteiger partial charge in [0.25, 0.3) is 0 Å². The van der Waals surface area contributed by atoms with Crippen molar-refractivity contribution >= 4 is 35.7 Å². The van der Waals surface area contributed by atoms with E-state index in [1.54, 1.807) is 0 Å². The number of esters is 2. The molecule has 0 aromatic heterocycles. The van der Waals surface area contributed by atoms with Gasteiger partial charge in [0.2, 0.25) is 11.8 Å². The average molecular weight is 844 g/mol. The second-order valence-electron chi connectivity index (χ2n) is 15.0. The molecule has 12 nitrogen and oxygen atoms in total. The molecular weight excluding hydrogens is 760 g/mol. The fraction of sp³-hybridized carbons (Fsp3) is 0.864. The van der Waals surface area contributed by atoms with Crippen LogP contribution in [0.15, 0.2) is 0 Å². The number of hydrogen-bond donors (Lipinski definition) is 1. The van der Waals surface area contributed by atoms with Crippen LogP contribution < -0.4 is 75.1 Å². The monoisotopic (exact) mass is 844 g/mol. The van der Waals surface area contributed by atoms with Gasteiger partial charge in [-0.15, -0.1) is 0 Å². The molecule has 0 spiro atoms. The van der Waals surface area contributed by atoms with E-state index < -0.39 is 23.9 Å². The minimum Gasteiger partial charge on any atom is -0.548 e. The summed E-state index contributed by atoms with van der Waals surface area (Å²) in [5, 5.41) is 20.7. The summed E-state index contributed by atoms with van der Waals surface area (Å²) in [5.41, 5.74) is 5.04. The molecule has 2 N–H and O–H groups in total. The number of unbranched alkanes of at least 4 members (excludes halogenated alkanes) is 24. The Morgan fingerprint density at radius 1 is 0.414 bits per heavy atom. The summed E-state index contributed by atoms with van der Waals surface area (Å²) in [5.74, 6) is -3.71. The Balaban J connectivity index is -0.000000238. The Morgan fingerprint density at radius 2 is 0.655 bits per heavy atom. The zero-order valence-corrected chi connectivity index (χ0v) is 42.5. The normalized spacial score (nSPS) is 10.0. The molecule has 0 unspecified atom stereocenters. The van der Waals surface area contributed by atoms with Gasteiger partial charge in [-0.3, -0.25) is 19.2 Å². The van der Waals surface area contributed by atoms with Crippen molar-refractivity contribution < 1.29 is 103 Å². The average Bonchev–Trinajstić information content (AvgIpc) is 3.15. The molecule has 0 aromatic carbocycles. The minimum absolute atomic E-state index is 0. The SMILES string of the molecule is CCCCCCCCCCCC(=O)N(C)CC(=O)[O-].CCCCCCCCCCCC(=O)N(C)CC(=O)[O-].CCCCCCCCCCCC(=O)OC(=O)CN.[Na+].[Na+]. The van der Waals surface area contributed by atoms with Gasteiger partial charge in [0.05, 0.1) is 31.6 Å². The van der Waals surface area contributed by atoms with Crippen LogP contribution in [0, 0.1) is 0 Å². The maximum Gasteiger partial charge on any atom is 1.00 e. The third-order valence-corrected chi connectivity index (χ3v) is 9.45. The molecule has 0 saturated heterocycles. The van der Waals surface area contributed by atoms with Crippen LogP contribution in [-0.2, 0) is 33.5 Å². The first kappa shape index (κ1) is 66.1. The predicted octanol–water partition coefficient (Wildman–Crippen LogP) is 1.18. The van der Waals surface area contributed by atoms with Crippen LogP contribution in [0.1, 0.15) is 213 Å². The molecule has 58 heavy (non-hydrogen) atoms. The molecule has 0 aliphatic carbocycles. The molecular formula is C44H83N3Na2O9. The van der Waals surface area contributed by atoms with Crippen molar-refractivity contribution in [1.29, 1.82) is 0 Å². The zero-order valence-electron chi connectivity index (χ0n) is 38.5. The molecule has 0 atom stereocenters. The number of carboxylic acids is 2. The first-order valence-electron chi connectivity index (χ1n) is 22.2. The molecule has 0 heterocycles. The number of aliphatic carboxylic acids is 2. The van der Waals surface area contributed by atoms with E-state index in [1.165, 1.54) is 152 Å². The summed E-state index contributed by atoms with van der Waals surface area (Å²) in [7, 11) is 3.01. The summed E-state index contributed by atoms with van der Waals surface area (Å²) in [6.07, 6.45) is 33.7. The summed E-state index contributed by atoms with van der Waals surface area (Å²) in [4.78, 5) is 68.0. The Kier molecular flexibility index (Phi) is 59.4. The fourth-order valence-electron chi connectivity index (χ4n) is 5.92. The number of ether oxygens (including phenoxy) is 1. The smallest absolute Gasteiger partial charge is 0.548 e. The van der Waals surface area contributed by atoms with Crippen LogP contribution in [0.4, 0.5) is 0 Å². The van der Waals surface area contributed by atoms with Gasteiger partial charge in [-0.2, -0.15) is 0 Å². The second-order valence-corrected chi connectivity index (χ2v) is 15.0.